The van der Waals surface area contributed by atoms with Gasteiger partial charge in [-0.25, -0.2) is 0 Å². The standard InChI is InChI=1S/C17H26ClNO7/c1-17(2,26-11-6-4-10(18)5-7-11)16(25)19(3)8-12(21)14(23)15(24)13(22)9-20/h4-7,12-15,20-24H,8-9H2,1-3H3/t12-,13-,14-,15-/m0/s1. The minimum Gasteiger partial charge on any atom is -0.478 e. The fourth-order valence-corrected chi connectivity index (χ4v) is 2.46. The third kappa shape index (κ3) is 6.08. The Morgan fingerprint density at radius 3 is 2.12 bits per heavy atom. The number of carbonyl (C=O) groups excluding carboxylic acids is 1. The molecule has 0 saturated carbocycles. The molecule has 0 fully saturated rings. The van der Waals surface area contributed by atoms with E-state index in [0.29, 0.717) is 10.8 Å². The first kappa shape index (κ1) is 22.6. The zero-order valence-corrected chi connectivity index (χ0v) is 15.7. The van der Waals surface area contributed by atoms with E-state index in [1.165, 1.54) is 7.05 Å². The van der Waals surface area contributed by atoms with Gasteiger partial charge in [0, 0.05) is 18.6 Å². The van der Waals surface area contributed by atoms with Gasteiger partial charge in [-0.05, 0) is 38.1 Å². The van der Waals surface area contributed by atoms with Crippen LogP contribution in [0.25, 0.3) is 0 Å². The lowest BCUT2D eigenvalue weighted by Crippen LogP contribution is -2.53. The predicted octanol–water partition coefficient (Wildman–Crippen LogP) is -0.608. The zero-order chi connectivity index (χ0) is 20.1. The first-order valence-corrected chi connectivity index (χ1v) is 8.40. The first-order valence-electron chi connectivity index (χ1n) is 8.03. The van der Waals surface area contributed by atoms with Gasteiger partial charge in [-0.15, -0.1) is 0 Å². The second-order valence-corrected chi connectivity index (χ2v) is 6.99. The highest BCUT2D eigenvalue weighted by atomic mass is 35.5. The molecule has 26 heavy (non-hydrogen) atoms. The summed E-state index contributed by atoms with van der Waals surface area (Å²) in [7, 11) is 1.40. The van der Waals surface area contributed by atoms with E-state index in [9.17, 15) is 25.2 Å². The largest absolute Gasteiger partial charge is 0.478 e. The molecule has 0 bridgehead atoms. The molecule has 1 rings (SSSR count). The number of likely N-dealkylation sites (N-methyl/N-ethyl adjacent to an activating group) is 1. The molecule has 0 unspecified atom stereocenters. The van der Waals surface area contributed by atoms with Crippen LogP contribution in [0, 0.1) is 0 Å². The van der Waals surface area contributed by atoms with Crippen molar-refractivity contribution in [2.24, 2.45) is 0 Å². The quantitative estimate of drug-likeness (QED) is 0.379. The van der Waals surface area contributed by atoms with Crippen molar-refractivity contribution in [3.05, 3.63) is 29.3 Å². The molecule has 8 nitrogen and oxygen atoms in total. The summed E-state index contributed by atoms with van der Waals surface area (Å²) in [5.41, 5.74) is -1.27. The molecule has 9 heteroatoms. The average Bonchev–Trinajstić information content (AvgIpc) is 2.60. The number of rotatable bonds is 9. The number of ether oxygens (including phenoxy) is 1. The van der Waals surface area contributed by atoms with Gasteiger partial charge in [0.2, 0.25) is 0 Å². The van der Waals surface area contributed by atoms with Crippen molar-refractivity contribution in [3.8, 4) is 5.75 Å². The van der Waals surface area contributed by atoms with Crippen molar-refractivity contribution in [2.75, 3.05) is 20.2 Å². The van der Waals surface area contributed by atoms with E-state index >= 15 is 0 Å². The first-order chi connectivity index (χ1) is 12.0. The van der Waals surface area contributed by atoms with E-state index in [1.54, 1.807) is 38.1 Å². The molecule has 1 amide bonds. The van der Waals surface area contributed by atoms with Crippen LogP contribution in [-0.4, -0.2) is 86.6 Å². The number of nitrogens with zero attached hydrogens (tertiary/aromatic N) is 1. The Morgan fingerprint density at radius 2 is 1.62 bits per heavy atom. The lowest BCUT2D eigenvalue weighted by Gasteiger charge is -2.33. The number of amides is 1. The molecule has 0 saturated heterocycles. The van der Waals surface area contributed by atoms with Gasteiger partial charge in [0.1, 0.15) is 30.2 Å². The number of carbonyl (C=O) groups is 1. The topological polar surface area (TPSA) is 131 Å². The fourth-order valence-electron chi connectivity index (χ4n) is 2.34. The van der Waals surface area contributed by atoms with Crippen LogP contribution < -0.4 is 4.74 Å². The number of aliphatic hydroxyl groups excluding tert-OH is 5. The van der Waals surface area contributed by atoms with Crippen LogP contribution in [0.3, 0.4) is 0 Å². The van der Waals surface area contributed by atoms with Crippen molar-refractivity contribution < 1.29 is 35.1 Å². The Kier molecular flexibility index (Phi) is 8.26. The lowest BCUT2D eigenvalue weighted by atomic mass is 10.0. The molecule has 0 aromatic heterocycles. The summed E-state index contributed by atoms with van der Waals surface area (Å²) in [6.07, 6.45) is -6.64. The van der Waals surface area contributed by atoms with Gasteiger partial charge in [-0.3, -0.25) is 4.79 Å². The Bertz CT molecular complexity index is 581. The van der Waals surface area contributed by atoms with Crippen molar-refractivity contribution >= 4 is 17.5 Å². The molecule has 148 valence electrons. The van der Waals surface area contributed by atoms with E-state index in [4.69, 9.17) is 21.4 Å². The summed E-state index contributed by atoms with van der Waals surface area (Å²) in [5, 5.41) is 48.1. The van der Waals surface area contributed by atoms with E-state index in [2.05, 4.69) is 0 Å². The van der Waals surface area contributed by atoms with Gasteiger partial charge >= 0.3 is 0 Å². The molecule has 1 aromatic rings. The Balaban J connectivity index is 2.71. The molecule has 0 spiro atoms. The maximum atomic E-state index is 12.6. The Morgan fingerprint density at radius 1 is 1.12 bits per heavy atom. The summed E-state index contributed by atoms with van der Waals surface area (Å²) in [4.78, 5) is 13.7. The molecule has 0 aliphatic rings. The van der Waals surface area contributed by atoms with Gasteiger partial charge < -0.3 is 35.2 Å². The highest BCUT2D eigenvalue weighted by molar-refractivity contribution is 6.30. The van der Waals surface area contributed by atoms with Gasteiger partial charge in [-0.2, -0.15) is 0 Å². The minimum absolute atomic E-state index is 0.317. The van der Waals surface area contributed by atoms with Crippen LogP contribution in [0.2, 0.25) is 5.02 Å². The summed E-state index contributed by atoms with van der Waals surface area (Å²) < 4.78 is 5.67. The van der Waals surface area contributed by atoms with Gasteiger partial charge in [-0.1, -0.05) is 11.6 Å². The van der Waals surface area contributed by atoms with E-state index in [-0.39, 0.29) is 6.54 Å². The van der Waals surface area contributed by atoms with Crippen LogP contribution in [0.4, 0.5) is 0 Å². The molecule has 5 N–H and O–H groups in total. The normalized spacial score (nSPS) is 16.5. The van der Waals surface area contributed by atoms with Crippen molar-refractivity contribution in [1.29, 1.82) is 0 Å². The molecule has 1 aromatic carbocycles. The SMILES string of the molecule is CN(C[C@H](O)[C@H](O)[C@@H](O)[C@@H](O)CO)C(=O)C(C)(C)Oc1ccc(Cl)cc1. The summed E-state index contributed by atoms with van der Waals surface area (Å²) in [6, 6.07) is 6.47. The molecule has 0 aliphatic heterocycles. The molecule has 0 aliphatic carbocycles. The second kappa shape index (κ2) is 9.50. The summed E-state index contributed by atoms with van der Waals surface area (Å²) >= 11 is 5.80. The number of halogens is 1. The molecular formula is C17H26ClNO7. The third-order valence-electron chi connectivity index (χ3n) is 3.83. The van der Waals surface area contributed by atoms with Crippen molar-refractivity contribution in [1.82, 2.24) is 4.90 Å². The predicted molar refractivity (Wildman–Crippen MR) is 94.9 cm³/mol. The van der Waals surface area contributed by atoms with Crippen molar-refractivity contribution in [3.63, 3.8) is 0 Å². The number of aliphatic hydroxyl groups is 5. The molecule has 0 heterocycles. The monoisotopic (exact) mass is 391 g/mol. The number of hydrogen-bond acceptors (Lipinski definition) is 7. The van der Waals surface area contributed by atoms with Crippen LogP contribution in [0.5, 0.6) is 5.75 Å². The zero-order valence-electron chi connectivity index (χ0n) is 14.9. The van der Waals surface area contributed by atoms with E-state index in [0.717, 1.165) is 4.90 Å². The highest BCUT2D eigenvalue weighted by Gasteiger charge is 2.36. The average molecular weight is 392 g/mol. The smallest absolute Gasteiger partial charge is 0.266 e. The van der Waals surface area contributed by atoms with Crippen LogP contribution in [0.1, 0.15) is 13.8 Å². The minimum atomic E-state index is -1.75. The summed E-state index contributed by atoms with van der Waals surface area (Å²) in [6.45, 7) is 2.01. The maximum Gasteiger partial charge on any atom is 0.266 e. The third-order valence-corrected chi connectivity index (χ3v) is 4.09. The number of hydrogen-bond donors (Lipinski definition) is 5. The number of benzene rings is 1. The van der Waals surface area contributed by atoms with E-state index < -0.39 is 42.5 Å². The van der Waals surface area contributed by atoms with Crippen LogP contribution >= 0.6 is 11.6 Å². The van der Waals surface area contributed by atoms with Gasteiger partial charge in [0.15, 0.2) is 5.60 Å². The van der Waals surface area contributed by atoms with Gasteiger partial charge in [0.25, 0.3) is 5.91 Å². The molecule has 4 atom stereocenters. The lowest BCUT2D eigenvalue weighted by molar-refractivity contribution is -0.149. The molecular weight excluding hydrogens is 366 g/mol. The fraction of sp³-hybridized carbons (Fsp3) is 0.588. The Hall–Kier alpha value is -1.42. The van der Waals surface area contributed by atoms with Crippen molar-refractivity contribution in [2.45, 2.75) is 43.9 Å². The van der Waals surface area contributed by atoms with E-state index in [1.807, 2.05) is 0 Å². The maximum absolute atomic E-state index is 12.6. The molecule has 0 radical (unpaired) electrons. The second-order valence-electron chi connectivity index (χ2n) is 6.55. The highest BCUT2D eigenvalue weighted by Crippen LogP contribution is 2.22. The van der Waals surface area contributed by atoms with Crippen LogP contribution in [0.15, 0.2) is 24.3 Å². The summed E-state index contributed by atoms with van der Waals surface area (Å²) in [5.74, 6) is -0.0425. The van der Waals surface area contributed by atoms with Gasteiger partial charge in [0.05, 0.1) is 6.61 Å². The Labute approximate surface area is 157 Å². The van der Waals surface area contributed by atoms with Crippen LogP contribution in [-0.2, 0) is 4.79 Å².